The van der Waals surface area contributed by atoms with E-state index in [4.69, 9.17) is 18.5 Å². The molecule has 6 atom stereocenters. The maximum absolute atomic E-state index is 12.7. The highest BCUT2D eigenvalue weighted by molar-refractivity contribution is 7.47. The topological polar surface area (TPSA) is 166 Å². The molecule has 1 fully saturated rings. The Morgan fingerprint density at radius 2 is 1.28 bits per heavy atom. The van der Waals surface area contributed by atoms with E-state index in [1.54, 1.807) is 6.08 Å². The summed E-state index contributed by atoms with van der Waals surface area (Å²) in [5, 5.41) is 20.7. The molecule has 0 aliphatic heterocycles. The summed E-state index contributed by atoms with van der Waals surface area (Å²) in [5.74, 6) is -1.46. The van der Waals surface area contributed by atoms with Crippen molar-refractivity contribution in [3.05, 3.63) is 12.2 Å². The van der Waals surface area contributed by atoms with Crippen molar-refractivity contribution in [3.63, 3.8) is 0 Å². The molecule has 1 saturated carbocycles. The van der Waals surface area contributed by atoms with Crippen molar-refractivity contribution < 1.29 is 57.1 Å². The molecule has 1 unspecified atom stereocenters. The van der Waals surface area contributed by atoms with Gasteiger partial charge in [0.2, 0.25) is 0 Å². The highest BCUT2D eigenvalue weighted by Gasteiger charge is 2.39. The minimum atomic E-state index is -4.43. The van der Waals surface area contributed by atoms with Crippen LogP contribution < -0.4 is 0 Å². The van der Waals surface area contributed by atoms with Crippen LogP contribution in [0.4, 0.5) is 0 Å². The number of ether oxygens (including phenoxy) is 2. The van der Waals surface area contributed by atoms with Crippen molar-refractivity contribution in [1.29, 1.82) is 0 Å². The normalized spacial score (nSPS) is 19.4. The number of Topliss-reactive ketones (excluding diaryl/α,β-unsaturated/α-hetero) is 1. The highest BCUT2D eigenvalue weighted by atomic mass is 31.2. The summed E-state index contributed by atoms with van der Waals surface area (Å²) in [6.07, 6.45) is 25.8. The molecule has 58 heavy (non-hydrogen) atoms. The lowest BCUT2D eigenvalue weighted by Crippen LogP contribution is -2.37. The monoisotopic (exact) mass is 847 g/mol. The zero-order chi connectivity index (χ0) is 43.1. The third-order valence-electron chi connectivity index (χ3n) is 10.9. The first kappa shape index (κ1) is 54.4. The maximum atomic E-state index is 12.7. The van der Waals surface area contributed by atoms with Crippen LogP contribution in [0.25, 0.3) is 0 Å². The van der Waals surface area contributed by atoms with Crippen molar-refractivity contribution >= 4 is 25.5 Å². The van der Waals surface area contributed by atoms with Gasteiger partial charge in [-0.3, -0.25) is 23.4 Å². The number of quaternary nitrogens is 1. The van der Waals surface area contributed by atoms with Gasteiger partial charge in [-0.2, -0.15) is 0 Å². The van der Waals surface area contributed by atoms with E-state index in [-0.39, 0.29) is 50.1 Å². The standard InChI is InChI=1S/C45H84NO11P/c1-6-8-10-11-12-13-14-15-16-17-18-19-20-26-30-45(51)57-39(37-56-58(52,53)55-34-33-46(3,4)5)36-54-44(50)29-25-22-21-24-28-40-41(43(49)35-42(40)48)32-31-38(47)27-23-9-7-2/h31-32,38-41,43,47,49H,6-30,33-37H2,1-5H3/p+1/b32-31+/t38-,39+,40+,41+,43+/m0/s1. The molecule has 0 aromatic heterocycles. The lowest BCUT2D eigenvalue weighted by molar-refractivity contribution is -0.870. The molecule has 0 spiro atoms. The van der Waals surface area contributed by atoms with Gasteiger partial charge in [0.05, 0.1) is 40.0 Å². The van der Waals surface area contributed by atoms with E-state index in [1.165, 1.54) is 64.2 Å². The first-order chi connectivity index (χ1) is 27.7. The number of phosphoric ester groups is 1. The minimum absolute atomic E-state index is 0.00425. The number of carbonyl (C=O) groups excluding carboxylic acids is 3. The number of rotatable bonds is 38. The van der Waals surface area contributed by atoms with Gasteiger partial charge >= 0.3 is 19.8 Å². The summed E-state index contributed by atoms with van der Waals surface area (Å²) < 4.78 is 34.3. The van der Waals surface area contributed by atoms with Crippen LogP contribution in [-0.4, -0.2) is 103 Å². The van der Waals surface area contributed by atoms with Gasteiger partial charge < -0.3 is 29.1 Å². The van der Waals surface area contributed by atoms with Crippen LogP contribution in [0.1, 0.15) is 181 Å². The third-order valence-corrected chi connectivity index (χ3v) is 11.9. The smallest absolute Gasteiger partial charge is 0.462 e. The molecular weight excluding hydrogens is 761 g/mol. The lowest BCUT2D eigenvalue weighted by atomic mass is 9.88. The fourth-order valence-corrected chi connectivity index (χ4v) is 8.00. The second kappa shape index (κ2) is 33.0. The Bertz CT molecular complexity index is 1160. The lowest BCUT2D eigenvalue weighted by Gasteiger charge is -2.24. The SMILES string of the molecule is CCCCCCCCCCCCCCCCC(=O)O[C@H](COC(=O)CCCCCC[C@H]1C(=O)C[C@@H](O)[C@@H]1/C=C/[C@@H](O)CCCCC)COP(=O)(O)OCC[N+](C)(C)C. The Kier molecular flexibility index (Phi) is 31.0. The van der Waals surface area contributed by atoms with Gasteiger partial charge in [0.15, 0.2) is 6.10 Å². The summed E-state index contributed by atoms with van der Waals surface area (Å²) in [7, 11) is 1.35. The number of likely N-dealkylation sites (N-methyl/N-ethyl adjacent to an activating group) is 1. The van der Waals surface area contributed by atoms with Crippen molar-refractivity contribution in [2.45, 2.75) is 199 Å². The second-order valence-corrected chi connectivity index (χ2v) is 19.0. The molecule has 0 aromatic rings. The van der Waals surface area contributed by atoms with E-state index < -0.39 is 44.7 Å². The molecule has 0 amide bonds. The van der Waals surface area contributed by atoms with Gasteiger partial charge in [-0.25, -0.2) is 4.57 Å². The Hall–Kier alpha value is -1.66. The molecule has 0 heterocycles. The van der Waals surface area contributed by atoms with E-state index in [0.717, 1.165) is 57.8 Å². The van der Waals surface area contributed by atoms with Gasteiger partial charge in [0, 0.05) is 31.1 Å². The molecule has 0 aromatic carbocycles. The maximum Gasteiger partial charge on any atom is 0.472 e. The number of phosphoric acid groups is 1. The molecule has 0 saturated heterocycles. The molecule has 340 valence electrons. The number of aliphatic hydroxyl groups is 2. The summed E-state index contributed by atoms with van der Waals surface area (Å²) in [5.41, 5.74) is 0. The predicted octanol–water partition coefficient (Wildman–Crippen LogP) is 9.56. The fourth-order valence-electron chi connectivity index (χ4n) is 7.26. The van der Waals surface area contributed by atoms with Crippen molar-refractivity contribution in [1.82, 2.24) is 0 Å². The Labute approximate surface area is 352 Å². The Balaban J connectivity index is 2.45. The molecule has 0 bridgehead atoms. The van der Waals surface area contributed by atoms with Gasteiger partial charge in [-0.05, 0) is 25.7 Å². The van der Waals surface area contributed by atoms with Gasteiger partial charge in [-0.15, -0.1) is 0 Å². The van der Waals surface area contributed by atoms with E-state index in [1.807, 2.05) is 27.2 Å². The number of hydrogen-bond acceptors (Lipinski definition) is 10. The van der Waals surface area contributed by atoms with Crippen molar-refractivity contribution in [3.8, 4) is 0 Å². The van der Waals surface area contributed by atoms with E-state index in [2.05, 4.69) is 13.8 Å². The number of aliphatic hydroxyl groups excluding tert-OH is 2. The fraction of sp³-hybridized carbons (Fsp3) is 0.889. The molecule has 0 radical (unpaired) electrons. The number of unbranched alkanes of at least 4 members (excludes halogenated alkanes) is 18. The van der Waals surface area contributed by atoms with Crippen LogP contribution in [0.3, 0.4) is 0 Å². The zero-order valence-corrected chi connectivity index (χ0v) is 38.2. The molecule has 13 heteroatoms. The minimum Gasteiger partial charge on any atom is -0.462 e. The number of nitrogens with zero attached hydrogens (tertiary/aromatic N) is 1. The number of esters is 2. The number of carbonyl (C=O) groups is 3. The van der Waals surface area contributed by atoms with Gasteiger partial charge in [0.1, 0.15) is 25.5 Å². The van der Waals surface area contributed by atoms with Crippen LogP contribution in [-0.2, 0) is 37.5 Å². The van der Waals surface area contributed by atoms with Gasteiger partial charge in [0.25, 0.3) is 0 Å². The third kappa shape index (κ3) is 29.5. The van der Waals surface area contributed by atoms with Crippen LogP contribution in [0.15, 0.2) is 12.2 Å². The molecule has 3 N–H and O–H groups in total. The van der Waals surface area contributed by atoms with Crippen LogP contribution in [0, 0.1) is 11.8 Å². The highest BCUT2D eigenvalue weighted by Crippen LogP contribution is 2.43. The Morgan fingerprint density at radius 1 is 0.759 bits per heavy atom. The average molecular weight is 847 g/mol. The van der Waals surface area contributed by atoms with E-state index in [9.17, 15) is 34.1 Å². The van der Waals surface area contributed by atoms with E-state index in [0.29, 0.717) is 36.7 Å². The molecule has 12 nitrogen and oxygen atoms in total. The Morgan fingerprint density at radius 3 is 1.84 bits per heavy atom. The quantitative estimate of drug-likeness (QED) is 0.0178. The average Bonchev–Trinajstić information content (AvgIpc) is 3.43. The molecule has 1 rings (SSSR count). The first-order valence-electron chi connectivity index (χ1n) is 23.0. The van der Waals surface area contributed by atoms with Gasteiger partial charge in [-0.1, -0.05) is 148 Å². The first-order valence-corrected chi connectivity index (χ1v) is 24.5. The van der Waals surface area contributed by atoms with Crippen molar-refractivity contribution in [2.75, 3.05) is 47.5 Å². The van der Waals surface area contributed by atoms with Crippen molar-refractivity contribution in [2.24, 2.45) is 11.8 Å². The molecule has 1 aliphatic carbocycles. The summed E-state index contributed by atoms with van der Waals surface area (Å²) in [6, 6.07) is 0. The zero-order valence-electron chi connectivity index (χ0n) is 37.3. The molecule has 1 aliphatic rings. The summed E-state index contributed by atoms with van der Waals surface area (Å²) in [6.45, 7) is 4.06. The number of ketones is 1. The number of hydrogen-bond donors (Lipinski definition) is 3. The second-order valence-electron chi connectivity index (χ2n) is 17.6. The van der Waals surface area contributed by atoms with Crippen LogP contribution in [0.5, 0.6) is 0 Å². The van der Waals surface area contributed by atoms with Crippen LogP contribution >= 0.6 is 7.82 Å². The summed E-state index contributed by atoms with van der Waals surface area (Å²) >= 11 is 0. The largest absolute Gasteiger partial charge is 0.472 e. The summed E-state index contributed by atoms with van der Waals surface area (Å²) in [4.78, 5) is 48.2. The van der Waals surface area contributed by atoms with Crippen LogP contribution in [0.2, 0.25) is 0 Å². The predicted molar refractivity (Wildman–Crippen MR) is 230 cm³/mol. The van der Waals surface area contributed by atoms with E-state index >= 15 is 0 Å². The molecular formula is C45H85NO11P+.